The molecular formula is C32H60N8O15S2. The van der Waals surface area contributed by atoms with Crippen LogP contribution in [0.3, 0.4) is 0 Å². The highest BCUT2D eigenvalue weighted by Crippen LogP contribution is 2.28. The quantitative estimate of drug-likeness (QED) is 0.0478. The summed E-state index contributed by atoms with van der Waals surface area (Å²) in [6.45, 7) is 10.4. The van der Waals surface area contributed by atoms with Gasteiger partial charge in [0, 0.05) is 52.9 Å². The first kappa shape index (κ1) is 50.0. The van der Waals surface area contributed by atoms with Crippen LogP contribution in [0, 0.1) is 0 Å². The Balaban J connectivity index is 0.000000458. The average molecular weight is 863 g/mol. The summed E-state index contributed by atoms with van der Waals surface area (Å²) in [5.74, 6) is 0.631. The van der Waals surface area contributed by atoms with Crippen LogP contribution < -0.4 is 30.3 Å². The lowest BCUT2D eigenvalue weighted by molar-refractivity contribution is -0.143. The van der Waals surface area contributed by atoms with E-state index in [2.05, 4.69) is 42.5 Å². The number of rotatable bonds is 25. The van der Waals surface area contributed by atoms with E-state index >= 15 is 0 Å². The second kappa shape index (κ2) is 33.8. The first-order valence-electron chi connectivity index (χ1n) is 18.2. The van der Waals surface area contributed by atoms with E-state index in [1.807, 2.05) is 0 Å². The topological polar surface area (TPSA) is 298 Å². The zero-order valence-corrected chi connectivity index (χ0v) is 33.2. The van der Waals surface area contributed by atoms with Crippen molar-refractivity contribution in [2.75, 3.05) is 162 Å². The Hall–Kier alpha value is -3.18. The number of aliphatic hydroxyl groups excluding tert-OH is 2. The normalized spacial score (nSPS) is 16.5. The van der Waals surface area contributed by atoms with Crippen molar-refractivity contribution in [1.82, 2.24) is 22.8 Å². The number of nitrogens with two attached hydrogens (primary N) is 1. The number of nitrogens with zero attached hydrogens (tertiary/aromatic N) is 6. The average Bonchev–Trinajstić information content (AvgIpc) is 3.71. The molecule has 3 fully saturated rings. The number of hydrogen-bond acceptors (Lipinski definition) is 23. The van der Waals surface area contributed by atoms with Crippen molar-refractivity contribution >= 4 is 47.0 Å². The monoisotopic (exact) mass is 862 g/mol. The third-order valence-electron chi connectivity index (χ3n) is 6.99. The Morgan fingerprint density at radius 1 is 0.842 bits per heavy atom. The molecule has 23 nitrogen and oxygen atoms in total. The molecule has 3 aliphatic heterocycles. The molecular weight excluding hydrogens is 801 g/mol. The van der Waals surface area contributed by atoms with Gasteiger partial charge in [-0.15, -0.1) is 8.75 Å². The van der Waals surface area contributed by atoms with Gasteiger partial charge < -0.3 is 83.9 Å². The van der Waals surface area contributed by atoms with E-state index in [9.17, 15) is 14.7 Å². The number of aromatic nitrogens is 4. The molecule has 5 rings (SSSR count). The maximum Gasteiger partial charge on any atom is 0.329 e. The lowest BCUT2D eigenvalue weighted by atomic mass is 10.3. The van der Waals surface area contributed by atoms with Gasteiger partial charge in [0.05, 0.1) is 96.1 Å². The molecule has 2 aromatic rings. The molecule has 0 radical (unpaired) electrons. The Morgan fingerprint density at radius 2 is 1.32 bits per heavy atom. The SMILES string of the molecule is C.C1CN(c2nsnc2OC[C@H]2CO2)CCO1.NCCOCCOCC(=O)O.O=C(O)COCCOCCNC[C@H](O)COc1nsnc1N1CCOCC1.[3H]OC. The molecule has 3 aliphatic rings. The number of hydrogen-bond donors (Lipinski definition) is 6. The van der Waals surface area contributed by atoms with E-state index in [-0.39, 0.29) is 40.0 Å². The molecule has 57 heavy (non-hydrogen) atoms. The van der Waals surface area contributed by atoms with E-state index in [1.54, 1.807) is 0 Å². The Bertz CT molecular complexity index is 1300. The van der Waals surface area contributed by atoms with Crippen molar-refractivity contribution < 1.29 is 72.6 Å². The summed E-state index contributed by atoms with van der Waals surface area (Å²) in [7, 11) is 1.29. The Kier molecular flexibility index (Phi) is 29.6. The van der Waals surface area contributed by atoms with Crippen LogP contribution >= 0.6 is 23.5 Å². The van der Waals surface area contributed by atoms with E-state index in [0.717, 1.165) is 63.5 Å². The zero-order valence-electron chi connectivity index (χ0n) is 32.5. The first-order chi connectivity index (χ1) is 27.8. The predicted molar refractivity (Wildman–Crippen MR) is 208 cm³/mol. The molecule has 0 saturated carbocycles. The molecule has 330 valence electrons. The number of ether oxygens (including phenoxy) is 9. The van der Waals surface area contributed by atoms with Crippen LogP contribution in [-0.2, 0) is 42.7 Å². The molecule has 0 spiro atoms. The highest BCUT2D eigenvalue weighted by molar-refractivity contribution is 6.99. The number of aliphatic hydroxyl groups is 2. The highest BCUT2D eigenvalue weighted by atomic mass is 32.1. The molecule has 0 amide bonds. The van der Waals surface area contributed by atoms with Crippen molar-refractivity contribution in [3.05, 3.63) is 0 Å². The largest absolute Gasteiger partial charge is 0.480 e. The molecule has 0 unspecified atom stereocenters. The third-order valence-corrected chi connectivity index (χ3v) is 7.99. The Labute approximate surface area is 342 Å². The fourth-order valence-electron chi connectivity index (χ4n) is 4.30. The number of carboxylic acids is 2. The number of nitrogens with one attached hydrogen (secondary N) is 1. The van der Waals surface area contributed by atoms with Crippen LogP contribution in [0.4, 0.5) is 11.6 Å². The lowest BCUT2D eigenvalue weighted by Gasteiger charge is -2.26. The van der Waals surface area contributed by atoms with Gasteiger partial charge in [-0.05, 0) is 0 Å². The lowest BCUT2D eigenvalue weighted by Crippen LogP contribution is -2.37. The molecule has 3 saturated heterocycles. The van der Waals surface area contributed by atoms with Crippen LogP contribution in [0.1, 0.15) is 7.43 Å². The first-order valence-corrected chi connectivity index (χ1v) is 19.2. The van der Waals surface area contributed by atoms with Crippen LogP contribution in [0.5, 0.6) is 11.8 Å². The summed E-state index contributed by atoms with van der Waals surface area (Å²) in [6.07, 6.45) is -0.442. The van der Waals surface area contributed by atoms with Gasteiger partial charge in [-0.25, -0.2) is 9.59 Å². The molecule has 25 heteroatoms. The summed E-state index contributed by atoms with van der Waals surface area (Å²) in [6, 6.07) is 0. The van der Waals surface area contributed by atoms with Crippen LogP contribution in [0.25, 0.3) is 0 Å². The fourth-order valence-corrected chi connectivity index (χ4v) is 5.34. The molecule has 5 heterocycles. The molecule has 2 aromatic heterocycles. The van der Waals surface area contributed by atoms with Gasteiger partial charge in [-0.1, -0.05) is 7.43 Å². The van der Waals surface area contributed by atoms with Gasteiger partial charge in [-0.3, -0.25) is 0 Å². The summed E-state index contributed by atoms with van der Waals surface area (Å²) in [5.41, 5.74) is 5.13. The number of aliphatic carboxylic acids is 2. The summed E-state index contributed by atoms with van der Waals surface area (Å²) in [5, 5.41) is 33.1. The molecule has 0 aromatic carbocycles. The second-order valence-corrected chi connectivity index (χ2v) is 12.4. The minimum Gasteiger partial charge on any atom is -0.480 e. The van der Waals surface area contributed by atoms with Gasteiger partial charge in [0.15, 0.2) is 0 Å². The summed E-state index contributed by atoms with van der Waals surface area (Å²) < 4.78 is 69.2. The third kappa shape index (κ3) is 25.0. The van der Waals surface area contributed by atoms with Gasteiger partial charge in [0.2, 0.25) is 13.1 Å². The number of anilines is 2. The number of morpholine rings is 2. The number of carbonyl (C=O) groups is 2. The number of epoxide rings is 1. The molecule has 2 atom stereocenters. The molecule has 0 bridgehead atoms. The van der Waals surface area contributed by atoms with Gasteiger partial charge in [0.1, 0.15) is 38.6 Å². The van der Waals surface area contributed by atoms with Crippen LogP contribution in [0.2, 0.25) is 0 Å². The van der Waals surface area contributed by atoms with Crippen molar-refractivity contribution in [2.24, 2.45) is 5.73 Å². The smallest absolute Gasteiger partial charge is 0.329 e. The Morgan fingerprint density at radius 3 is 1.79 bits per heavy atom. The van der Waals surface area contributed by atoms with E-state index in [1.165, 1.54) is 18.8 Å². The minimum absolute atomic E-state index is 0. The van der Waals surface area contributed by atoms with E-state index in [0.29, 0.717) is 90.1 Å². The van der Waals surface area contributed by atoms with Crippen molar-refractivity contribution in [1.29, 1.82) is 1.43 Å². The zero-order chi connectivity index (χ0) is 41.4. The van der Waals surface area contributed by atoms with E-state index in [4.69, 9.17) is 55.3 Å². The van der Waals surface area contributed by atoms with Crippen molar-refractivity contribution in [3.63, 3.8) is 0 Å². The van der Waals surface area contributed by atoms with Gasteiger partial charge in [-0.2, -0.15) is 8.75 Å². The second-order valence-electron chi connectivity index (χ2n) is 11.3. The predicted octanol–water partition coefficient (Wildman–Crippen LogP) is -1.72. The highest BCUT2D eigenvalue weighted by Gasteiger charge is 2.26. The minimum atomic E-state index is -1.00. The fraction of sp³-hybridized carbons (Fsp3) is 0.812. The van der Waals surface area contributed by atoms with Crippen molar-refractivity contribution in [2.45, 2.75) is 19.6 Å². The van der Waals surface area contributed by atoms with Gasteiger partial charge >= 0.3 is 11.9 Å². The van der Waals surface area contributed by atoms with Crippen LogP contribution in [-0.4, -0.2) is 216 Å². The maximum atomic E-state index is 10.2. The standard InChI is InChI=1S/C15H26N4O7S.C9H13N3O3S.C6H13NO4.CH4O.CH4/c20-12(9-16-1-4-23-7-8-25-11-13(21)22)10-26-15-14(17-27-18-15)19-2-5-24-6-3-19;1-3-13-4-2-12(1)8-9(11-16-10-8)15-6-7-5-14-7;7-1-2-10-3-4-11-5-6(8)9;1-2;/h12,16,20H,1-11H2,(H,21,22);7H,1-6H2;1-5,7H2,(H,8,9);2H,1H3;1H4/t12-;7-;;;/m01.../s1/i;;;2T;. The summed E-state index contributed by atoms with van der Waals surface area (Å²) >= 11 is 2.27. The summed E-state index contributed by atoms with van der Waals surface area (Å²) in [4.78, 5) is 24.4. The van der Waals surface area contributed by atoms with E-state index < -0.39 is 18.0 Å². The van der Waals surface area contributed by atoms with Crippen molar-refractivity contribution in [3.8, 4) is 11.8 Å². The number of carboxylic acid groups (broad SMARTS) is 2. The van der Waals surface area contributed by atoms with Gasteiger partial charge in [0.25, 0.3) is 11.8 Å². The molecule has 7 N–H and O–H groups in total. The van der Waals surface area contributed by atoms with Crippen LogP contribution in [0.15, 0.2) is 0 Å². The maximum absolute atomic E-state index is 10.2. The molecule has 0 aliphatic carbocycles.